The first-order chi connectivity index (χ1) is 12.8. The molecule has 138 valence electrons. The summed E-state index contributed by atoms with van der Waals surface area (Å²) in [7, 11) is 0. The third kappa shape index (κ3) is 4.08. The van der Waals surface area contributed by atoms with Crippen LogP contribution in [0.3, 0.4) is 0 Å². The van der Waals surface area contributed by atoms with Gasteiger partial charge in [0.15, 0.2) is 0 Å². The third-order valence-electron chi connectivity index (χ3n) is 4.35. The number of ether oxygens (including phenoxy) is 1. The van der Waals surface area contributed by atoms with Gasteiger partial charge in [-0.1, -0.05) is 35.9 Å². The standard InChI is InChI=1S/C22H20O5/c1-13(2)3-5-16-11-14(4-10-19(16)24)12-18-20(22(26)27-21(18)25)15-6-8-17(23)9-7-15/h3-4,6-11,23-24H,5,12H2,1-2H3. The highest BCUT2D eigenvalue weighted by atomic mass is 16.6. The van der Waals surface area contributed by atoms with E-state index in [9.17, 15) is 19.8 Å². The Kier molecular flexibility index (Phi) is 5.12. The number of esters is 2. The van der Waals surface area contributed by atoms with Gasteiger partial charge in [0.2, 0.25) is 0 Å². The van der Waals surface area contributed by atoms with Gasteiger partial charge in [-0.2, -0.15) is 0 Å². The summed E-state index contributed by atoms with van der Waals surface area (Å²) in [6.45, 7) is 3.96. The van der Waals surface area contributed by atoms with E-state index in [2.05, 4.69) is 0 Å². The normalized spacial score (nSPS) is 13.7. The third-order valence-corrected chi connectivity index (χ3v) is 4.35. The van der Waals surface area contributed by atoms with Gasteiger partial charge in [0.25, 0.3) is 0 Å². The number of benzene rings is 2. The van der Waals surface area contributed by atoms with E-state index >= 15 is 0 Å². The fourth-order valence-corrected chi connectivity index (χ4v) is 2.93. The molecule has 0 saturated heterocycles. The maximum atomic E-state index is 12.2. The number of carbonyl (C=O) groups is 2. The van der Waals surface area contributed by atoms with Crippen LogP contribution in [0.1, 0.15) is 30.5 Å². The van der Waals surface area contributed by atoms with Gasteiger partial charge < -0.3 is 14.9 Å². The van der Waals surface area contributed by atoms with Crippen molar-refractivity contribution in [2.45, 2.75) is 26.7 Å². The molecule has 0 aromatic heterocycles. The van der Waals surface area contributed by atoms with Crippen molar-refractivity contribution in [3.8, 4) is 11.5 Å². The molecule has 5 nitrogen and oxygen atoms in total. The van der Waals surface area contributed by atoms with E-state index in [4.69, 9.17) is 4.74 Å². The molecule has 2 aromatic rings. The lowest BCUT2D eigenvalue weighted by atomic mass is 9.95. The zero-order valence-corrected chi connectivity index (χ0v) is 15.2. The average molecular weight is 364 g/mol. The number of allylic oxidation sites excluding steroid dienone is 2. The maximum absolute atomic E-state index is 12.2. The molecule has 2 aromatic carbocycles. The van der Waals surface area contributed by atoms with Crippen LogP contribution in [0.4, 0.5) is 0 Å². The molecule has 0 saturated carbocycles. The van der Waals surface area contributed by atoms with E-state index in [1.807, 2.05) is 26.0 Å². The van der Waals surface area contributed by atoms with Crippen LogP contribution in [0.5, 0.6) is 11.5 Å². The van der Waals surface area contributed by atoms with Gasteiger partial charge >= 0.3 is 11.9 Å². The lowest BCUT2D eigenvalue weighted by molar-refractivity contribution is -0.150. The summed E-state index contributed by atoms with van der Waals surface area (Å²) >= 11 is 0. The Morgan fingerprint density at radius 1 is 1.00 bits per heavy atom. The molecule has 2 N–H and O–H groups in total. The molecule has 27 heavy (non-hydrogen) atoms. The first-order valence-corrected chi connectivity index (χ1v) is 8.58. The van der Waals surface area contributed by atoms with Crippen LogP contribution in [-0.4, -0.2) is 22.2 Å². The zero-order chi connectivity index (χ0) is 19.6. The summed E-state index contributed by atoms with van der Waals surface area (Å²) < 4.78 is 4.80. The number of carbonyl (C=O) groups excluding carboxylic acids is 2. The Labute approximate surface area is 157 Å². The summed E-state index contributed by atoms with van der Waals surface area (Å²) in [4.78, 5) is 24.4. The Hall–Kier alpha value is -3.34. The van der Waals surface area contributed by atoms with E-state index < -0.39 is 11.9 Å². The van der Waals surface area contributed by atoms with Crippen LogP contribution in [0.2, 0.25) is 0 Å². The zero-order valence-electron chi connectivity index (χ0n) is 15.2. The molecule has 0 radical (unpaired) electrons. The highest BCUT2D eigenvalue weighted by Crippen LogP contribution is 2.31. The highest BCUT2D eigenvalue weighted by Gasteiger charge is 2.33. The van der Waals surface area contributed by atoms with Gasteiger partial charge in [-0.05, 0) is 55.2 Å². The molecule has 0 spiro atoms. The van der Waals surface area contributed by atoms with Crippen LogP contribution in [-0.2, 0) is 27.2 Å². The van der Waals surface area contributed by atoms with Crippen LogP contribution in [0, 0.1) is 0 Å². The van der Waals surface area contributed by atoms with Crippen molar-refractivity contribution in [1.82, 2.24) is 0 Å². The van der Waals surface area contributed by atoms with Crippen molar-refractivity contribution in [2.75, 3.05) is 0 Å². The van der Waals surface area contributed by atoms with E-state index in [0.717, 1.165) is 16.7 Å². The van der Waals surface area contributed by atoms with Gasteiger partial charge in [-0.3, -0.25) is 0 Å². The van der Waals surface area contributed by atoms with E-state index in [-0.39, 0.29) is 29.1 Å². The molecule has 0 fully saturated rings. The highest BCUT2D eigenvalue weighted by molar-refractivity contribution is 6.30. The molecule has 3 rings (SSSR count). The minimum absolute atomic E-state index is 0.0704. The van der Waals surface area contributed by atoms with Crippen molar-refractivity contribution >= 4 is 17.5 Å². The minimum atomic E-state index is -0.691. The quantitative estimate of drug-likeness (QED) is 0.480. The van der Waals surface area contributed by atoms with Gasteiger partial charge in [-0.25, -0.2) is 9.59 Å². The SMILES string of the molecule is CC(C)=CCc1cc(CC2=C(c3ccc(O)cc3)C(=O)OC2=O)ccc1O. The van der Waals surface area contributed by atoms with E-state index in [0.29, 0.717) is 12.0 Å². The fourth-order valence-electron chi connectivity index (χ4n) is 2.93. The predicted octanol–water partition coefficient (Wildman–Crippen LogP) is 3.69. The second kappa shape index (κ2) is 7.50. The Bertz CT molecular complexity index is 961. The Morgan fingerprint density at radius 2 is 1.70 bits per heavy atom. The summed E-state index contributed by atoms with van der Waals surface area (Å²) in [6.07, 6.45) is 2.80. The lowest BCUT2D eigenvalue weighted by Crippen LogP contribution is -2.04. The Morgan fingerprint density at radius 3 is 2.37 bits per heavy atom. The van der Waals surface area contributed by atoms with E-state index in [1.165, 1.54) is 12.1 Å². The summed E-state index contributed by atoms with van der Waals surface area (Å²) in [6, 6.07) is 11.2. The molecule has 5 heteroatoms. The molecule has 0 bridgehead atoms. The molecule has 0 amide bonds. The molecule has 0 unspecified atom stereocenters. The molecular weight excluding hydrogens is 344 g/mol. The molecule has 1 aliphatic heterocycles. The fraction of sp³-hybridized carbons (Fsp3) is 0.182. The molecule has 1 aliphatic rings. The topological polar surface area (TPSA) is 83.8 Å². The number of cyclic esters (lactones) is 2. The van der Waals surface area contributed by atoms with Crippen LogP contribution in [0.15, 0.2) is 59.7 Å². The van der Waals surface area contributed by atoms with Crippen molar-refractivity contribution in [3.63, 3.8) is 0 Å². The van der Waals surface area contributed by atoms with Crippen molar-refractivity contribution in [3.05, 3.63) is 76.4 Å². The Balaban J connectivity index is 1.97. The molecule has 0 aliphatic carbocycles. The van der Waals surface area contributed by atoms with Crippen molar-refractivity contribution in [1.29, 1.82) is 0 Å². The summed E-state index contributed by atoms with van der Waals surface area (Å²) in [5.74, 6) is -1.10. The second-order valence-corrected chi connectivity index (χ2v) is 6.70. The minimum Gasteiger partial charge on any atom is -0.508 e. The number of phenolic OH excluding ortho intramolecular Hbond substituents is 2. The number of phenols is 2. The van der Waals surface area contributed by atoms with Crippen LogP contribution >= 0.6 is 0 Å². The van der Waals surface area contributed by atoms with Gasteiger partial charge in [0.05, 0.1) is 11.1 Å². The van der Waals surface area contributed by atoms with E-state index in [1.54, 1.807) is 24.3 Å². The average Bonchev–Trinajstić information content (AvgIpc) is 2.89. The number of hydrogen-bond donors (Lipinski definition) is 2. The van der Waals surface area contributed by atoms with Gasteiger partial charge in [0.1, 0.15) is 11.5 Å². The lowest BCUT2D eigenvalue weighted by Gasteiger charge is -2.08. The summed E-state index contributed by atoms with van der Waals surface area (Å²) in [5, 5.41) is 19.5. The van der Waals surface area contributed by atoms with Crippen molar-refractivity contribution < 1.29 is 24.5 Å². The largest absolute Gasteiger partial charge is 0.508 e. The van der Waals surface area contributed by atoms with Crippen molar-refractivity contribution in [2.24, 2.45) is 0 Å². The maximum Gasteiger partial charge on any atom is 0.347 e. The summed E-state index contributed by atoms with van der Waals surface area (Å²) in [5.41, 5.74) is 3.67. The predicted molar refractivity (Wildman–Crippen MR) is 101 cm³/mol. The molecule has 0 atom stereocenters. The van der Waals surface area contributed by atoms with Gasteiger partial charge in [0, 0.05) is 6.42 Å². The molecular formula is C22H20O5. The second-order valence-electron chi connectivity index (χ2n) is 6.70. The first kappa shape index (κ1) is 18.5. The van der Waals surface area contributed by atoms with Crippen LogP contribution < -0.4 is 0 Å². The molecule has 1 heterocycles. The number of aromatic hydroxyl groups is 2. The first-order valence-electron chi connectivity index (χ1n) is 8.58. The smallest absolute Gasteiger partial charge is 0.347 e. The monoisotopic (exact) mass is 364 g/mol. The number of rotatable bonds is 5. The van der Waals surface area contributed by atoms with Gasteiger partial charge in [-0.15, -0.1) is 0 Å². The number of hydrogen-bond acceptors (Lipinski definition) is 5. The van der Waals surface area contributed by atoms with Crippen LogP contribution in [0.25, 0.3) is 5.57 Å².